The van der Waals surface area contributed by atoms with Crippen molar-refractivity contribution in [3.8, 4) is 0 Å². The lowest BCUT2D eigenvalue weighted by Crippen LogP contribution is -2.08. The molecule has 12 heavy (non-hydrogen) atoms. The van der Waals surface area contributed by atoms with Gasteiger partial charge in [0.05, 0.1) is 5.88 Å². The summed E-state index contributed by atoms with van der Waals surface area (Å²) >= 11 is 1.61. The lowest BCUT2D eigenvalue weighted by molar-refractivity contribution is -0.109. The molecule has 1 amide bonds. The van der Waals surface area contributed by atoms with Crippen LogP contribution in [0.1, 0.15) is 5.56 Å². The average Bonchev–Trinajstić information content (AvgIpc) is 2.09. The van der Waals surface area contributed by atoms with Gasteiger partial charge in [-0.25, -0.2) is 0 Å². The molecule has 0 fully saturated rings. The van der Waals surface area contributed by atoms with Crippen molar-refractivity contribution in [2.45, 2.75) is 11.8 Å². The van der Waals surface area contributed by atoms with Crippen LogP contribution >= 0.6 is 11.8 Å². The third-order valence-electron chi connectivity index (χ3n) is 1.43. The SMILES string of the molecule is Cc1ccc(SCNC=O)cc1. The fourth-order valence-electron chi connectivity index (χ4n) is 0.794. The van der Waals surface area contributed by atoms with Crippen LogP contribution in [0.5, 0.6) is 0 Å². The number of aryl methyl sites for hydroxylation is 1. The van der Waals surface area contributed by atoms with E-state index in [2.05, 4.69) is 24.4 Å². The van der Waals surface area contributed by atoms with Crippen LogP contribution < -0.4 is 5.32 Å². The van der Waals surface area contributed by atoms with E-state index in [1.807, 2.05) is 12.1 Å². The van der Waals surface area contributed by atoms with Crippen molar-refractivity contribution < 1.29 is 4.79 Å². The number of thioether (sulfide) groups is 1. The maximum absolute atomic E-state index is 9.92. The Bertz CT molecular complexity index is 245. The normalized spacial score (nSPS) is 9.42. The molecule has 0 saturated carbocycles. The zero-order chi connectivity index (χ0) is 8.81. The van der Waals surface area contributed by atoms with Gasteiger partial charge < -0.3 is 5.32 Å². The first-order chi connectivity index (χ1) is 5.83. The van der Waals surface area contributed by atoms with Gasteiger partial charge in [0, 0.05) is 4.90 Å². The third kappa shape index (κ3) is 2.96. The van der Waals surface area contributed by atoms with Crippen molar-refractivity contribution in [1.82, 2.24) is 5.32 Å². The molecule has 2 nitrogen and oxygen atoms in total. The molecule has 0 unspecified atom stereocenters. The van der Waals surface area contributed by atoms with Gasteiger partial charge in [-0.05, 0) is 19.1 Å². The number of rotatable bonds is 4. The Labute approximate surface area is 76.4 Å². The second-order valence-electron chi connectivity index (χ2n) is 2.42. The second kappa shape index (κ2) is 4.83. The van der Waals surface area contributed by atoms with Gasteiger partial charge >= 0.3 is 0 Å². The standard InChI is InChI=1S/C9H11NOS/c1-8-2-4-9(5-3-8)12-7-10-6-11/h2-6H,7H2,1H3,(H,10,11). The van der Waals surface area contributed by atoms with Crippen LogP contribution in [0.4, 0.5) is 0 Å². The lowest BCUT2D eigenvalue weighted by Gasteiger charge is -1.99. The van der Waals surface area contributed by atoms with E-state index in [1.165, 1.54) is 10.5 Å². The molecule has 3 heteroatoms. The highest BCUT2D eigenvalue weighted by molar-refractivity contribution is 7.99. The van der Waals surface area contributed by atoms with Crippen LogP contribution in [0.15, 0.2) is 29.2 Å². The molecule has 0 aliphatic rings. The first-order valence-electron chi connectivity index (χ1n) is 3.69. The minimum absolute atomic E-state index is 0.632. The Morgan fingerprint density at radius 2 is 2.08 bits per heavy atom. The Morgan fingerprint density at radius 3 is 2.67 bits per heavy atom. The molecule has 0 radical (unpaired) electrons. The van der Waals surface area contributed by atoms with Crippen molar-refractivity contribution in [3.63, 3.8) is 0 Å². The lowest BCUT2D eigenvalue weighted by atomic mass is 10.2. The molecule has 0 spiro atoms. The van der Waals surface area contributed by atoms with Crippen molar-refractivity contribution in [2.75, 3.05) is 5.88 Å². The van der Waals surface area contributed by atoms with Crippen LogP contribution in [-0.4, -0.2) is 12.3 Å². The summed E-state index contributed by atoms with van der Waals surface area (Å²) in [5, 5.41) is 2.59. The van der Waals surface area contributed by atoms with Gasteiger partial charge in [-0.15, -0.1) is 11.8 Å². The topological polar surface area (TPSA) is 29.1 Å². The summed E-state index contributed by atoms with van der Waals surface area (Å²) in [6, 6.07) is 8.21. The molecular formula is C9H11NOS. The largest absolute Gasteiger partial charge is 0.349 e. The minimum atomic E-state index is 0.632. The summed E-state index contributed by atoms with van der Waals surface area (Å²) in [5.41, 5.74) is 1.25. The smallest absolute Gasteiger partial charge is 0.207 e. The summed E-state index contributed by atoms with van der Waals surface area (Å²) in [6.45, 7) is 2.05. The molecule has 0 atom stereocenters. The number of carbonyl (C=O) groups excluding carboxylic acids is 1. The highest BCUT2D eigenvalue weighted by Crippen LogP contribution is 2.16. The molecule has 0 bridgehead atoms. The molecule has 0 aliphatic carbocycles. The fourth-order valence-corrected chi connectivity index (χ4v) is 1.44. The van der Waals surface area contributed by atoms with E-state index in [4.69, 9.17) is 0 Å². The van der Waals surface area contributed by atoms with Gasteiger partial charge in [0.2, 0.25) is 6.41 Å². The van der Waals surface area contributed by atoms with Gasteiger partial charge in [-0.1, -0.05) is 17.7 Å². The van der Waals surface area contributed by atoms with Crippen LogP contribution in [-0.2, 0) is 4.79 Å². The van der Waals surface area contributed by atoms with Gasteiger partial charge in [0.1, 0.15) is 0 Å². The summed E-state index contributed by atoms with van der Waals surface area (Å²) in [7, 11) is 0. The first kappa shape index (κ1) is 9.13. The van der Waals surface area contributed by atoms with E-state index >= 15 is 0 Å². The van der Waals surface area contributed by atoms with Crippen molar-refractivity contribution in [1.29, 1.82) is 0 Å². The second-order valence-corrected chi connectivity index (χ2v) is 3.47. The molecule has 1 aromatic rings. The molecular weight excluding hydrogens is 170 g/mol. The number of hydrogen-bond donors (Lipinski definition) is 1. The predicted molar refractivity (Wildman–Crippen MR) is 51.1 cm³/mol. The predicted octanol–water partition coefficient (Wildman–Crippen LogP) is 1.79. The maximum Gasteiger partial charge on any atom is 0.207 e. The van der Waals surface area contributed by atoms with Gasteiger partial charge in [0.25, 0.3) is 0 Å². The number of amides is 1. The van der Waals surface area contributed by atoms with E-state index in [0.29, 0.717) is 12.3 Å². The highest BCUT2D eigenvalue weighted by atomic mass is 32.2. The quantitative estimate of drug-likeness (QED) is 0.332. The van der Waals surface area contributed by atoms with Gasteiger partial charge in [0.15, 0.2) is 0 Å². The van der Waals surface area contributed by atoms with Crippen LogP contribution in [0.2, 0.25) is 0 Å². The first-order valence-corrected chi connectivity index (χ1v) is 4.68. The van der Waals surface area contributed by atoms with Crippen LogP contribution in [0.25, 0.3) is 0 Å². The minimum Gasteiger partial charge on any atom is -0.349 e. The number of nitrogens with one attached hydrogen (secondary N) is 1. The Hall–Kier alpha value is -0.960. The van der Waals surface area contributed by atoms with Crippen LogP contribution in [0.3, 0.4) is 0 Å². The molecule has 1 aromatic carbocycles. The molecule has 0 aromatic heterocycles. The van der Waals surface area contributed by atoms with E-state index in [1.54, 1.807) is 11.8 Å². The van der Waals surface area contributed by atoms with Gasteiger partial charge in [-0.2, -0.15) is 0 Å². The van der Waals surface area contributed by atoms with Gasteiger partial charge in [-0.3, -0.25) is 4.79 Å². The van der Waals surface area contributed by atoms with Crippen molar-refractivity contribution in [2.24, 2.45) is 0 Å². The number of hydrogen-bond acceptors (Lipinski definition) is 2. The Kier molecular flexibility index (Phi) is 3.67. The molecule has 0 aliphatic heterocycles. The van der Waals surface area contributed by atoms with E-state index in [9.17, 15) is 4.79 Å². The summed E-state index contributed by atoms with van der Waals surface area (Å²) in [5.74, 6) is 0.632. The fraction of sp³-hybridized carbons (Fsp3) is 0.222. The molecule has 1 N–H and O–H groups in total. The third-order valence-corrected chi connectivity index (χ3v) is 2.34. The molecule has 0 heterocycles. The van der Waals surface area contributed by atoms with Crippen molar-refractivity contribution in [3.05, 3.63) is 29.8 Å². The molecule has 0 saturated heterocycles. The zero-order valence-electron chi connectivity index (χ0n) is 6.91. The molecule has 64 valence electrons. The summed E-state index contributed by atoms with van der Waals surface area (Å²) in [6.07, 6.45) is 0.710. The number of benzene rings is 1. The summed E-state index contributed by atoms with van der Waals surface area (Å²) < 4.78 is 0. The Balaban J connectivity index is 2.42. The van der Waals surface area contributed by atoms with Crippen LogP contribution in [0, 0.1) is 6.92 Å². The Morgan fingerprint density at radius 1 is 1.42 bits per heavy atom. The van der Waals surface area contributed by atoms with E-state index in [0.717, 1.165) is 0 Å². The monoisotopic (exact) mass is 181 g/mol. The zero-order valence-corrected chi connectivity index (χ0v) is 7.73. The highest BCUT2D eigenvalue weighted by Gasteiger charge is 1.90. The average molecular weight is 181 g/mol. The number of carbonyl (C=O) groups is 1. The van der Waals surface area contributed by atoms with E-state index < -0.39 is 0 Å². The van der Waals surface area contributed by atoms with Crippen molar-refractivity contribution >= 4 is 18.2 Å². The summed E-state index contributed by atoms with van der Waals surface area (Å²) in [4.78, 5) is 11.1. The maximum atomic E-state index is 9.92. The molecule has 1 rings (SSSR count). The van der Waals surface area contributed by atoms with E-state index in [-0.39, 0.29) is 0 Å².